The number of hydrogen-bond donors (Lipinski definition) is 1. The second-order valence-corrected chi connectivity index (χ2v) is 3.75. The molecule has 1 aromatic carbocycles. The van der Waals surface area contributed by atoms with E-state index in [1.165, 1.54) is 17.3 Å². The van der Waals surface area contributed by atoms with E-state index in [9.17, 15) is 5.11 Å². The number of pyridine rings is 1. The molecule has 0 aliphatic heterocycles. The second-order valence-electron chi connectivity index (χ2n) is 3.75. The molecule has 0 atom stereocenters. The number of nitrogens with zero attached hydrogens (tertiary/aromatic N) is 1. The zero-order chi connectivity index (χ0) is 10.8. The first-order valence-corrected chi connectivity index (χ1v) is 4.88. The van der Waals surface area contributed by atoms with Crippen molar-refractivity contribution in [1.29, 1.82) is 0 Å². The van der Waals surface area contributed by atoms with Gasteiger partial charge in [0.1, 0.15) is 5.75 Å². The number of aryl methyl sites for hydroxylation is 2. The maximum atomic E-state index is 9.37. The molecule has 0 saturated carbocycles. The van der Waals surface area contributed by atoms with Gasteiger partial charge in [0.25, 0.3) is 0 Å². The summed E-state index contributed by atoms with van der Waals surface area (Å²) in [7, 11) is 0. The van der Waals surface area contributed by atoms with Gasteiger partial charge >= 0.3 is 0 Å². The maximum Gasteiger partial charge on any atom is 0.134 e. The highest BCUT2D eigenvalue weighted by atomic mass is 16.3. The maximum absolute atomic E-state index is 9.37. The van der Waals surface area contributed by atoms with E-state index in [-0.39, 0.29) is 5.75 Å². The van der Waals surface area contributed by atoms with E-state index >= 15 is 0 Å². The fourth-order valence-corrected chi connectivity index (χ4v) is 1.62. The van der Waals surface area contributed by atoms with Gasteiger partial charge in [-0.15, -0.1) is 0 Å². The average Bonchev–Trinajstić information content (AvgIpc) is 2.22. The van der Waals surface area contributed by atoms with Crippen LogP contribution in [0.3, 0.4) is 0 Å². The normalized spacial score (nSPS) is 10.3. The van der Waals surface area contributed by atoms with E-state index in [0.717, 1.165) is 11.1 Å². The molecule has 0 aliphatic rings. The van der Waals surface area contributed by atoms with E-state index in [0.29, 0.717) is 0 Å². The molecule has 0 unspecified atom stereocenters. The molecule has 0 bridgehead atoms. The minimum Gasteiger partial charge on any atom is -0.506 e. The Morgan fingerprint density at radius 1 is 1.07 bits per heavy atom. The molecule has 0 aliphatic carbocycles. The monoisotopic (exact) mass is 199 g/mol. The van der Waals surface area contributed by atoms with Crippen LogP contribution < -0.4 is 0 Å². The third-order valence-corrected chi connectivity index (χ3v) is 2.43. The molecule has 0 saturated heterocycles. The van der Waals surface area contributed by atoms with Crippen molar-refractivity contribution >= 4 is 0 Å². The molecule has 0 spiro atoms. The molecule has 1 N–H and O–H groups in total. The number of hydrogen-bond acceptors (Lipinski definition) is 2. The summed E-state index contributed by atoms with van der Waals surface area (Å²) in [6.07, 6.45) is 3.20. The van der Waals surface area contributed by atoms with Gasteiger partial charge in [-0.3, -0.25) is 4.98 Å². The van der Waals surface area contributed by atoms with E-state index in [4.69, 9.17) is 0 Å². The van der Waals surface area contributed by atoms with Crippen molar-refractivity contribution < 1.29 is 5.11 Å². The number of benzene rings is 1. The summed E-state index contributed by atoms with van der Waals surface area (Å²) in [4.78, 5) is 3.98. The van der Waals surface area contributed by atoms with E-state index in [1.54, 1.807) is 12.3 Å². The summed E-state index contributed by atoms with van der Waals surface area (Å²) >= 11 is 0. The Bertz CT molecular complexity index is 492. The van der Waals surface area contributed by atoms with Crippen LogP contribution in [0.5, 0.6) is 5.75 Å². The summed E-state index contributed by atoms with van der Waals surface area (Å²) in [6.45, 7) is 4.11. The van der Waals surface area contributed by atoms with Gasteiger partial charge in [-0.25, -0.2) is 0 Å². The zero-order valence-electron chi connectivity index (χ0n) is 8.86. The highest BCUT2D eigenvalue weighted by Crippen LogP contribution is 2.25. The predicted molar refractivity (Wildman–Crippen MR) is 60.8 cm³/mol. The molecule has 0 radical (unpaired) electrons. The molecule has 2 heteroatoms. The van der Waals surface area contributed by atoms with Crippen molar-refractivity contribution in [2.75, 3.05) is 0 Å². The topological polar surface area (TPSA) is 33.1 Å². The molecule has 2 nitrogen and oxygen atoms in total. The van der Waals surface area contributed by atoms with Crippen molar-refractivity contribution in [3.05, 3.63) is 47.8 Å². The lowest BCUT2D eigenvalue weighted by Crippen LogP contribution is -1.85. The van der Waals surface area contributed by atoms with Gasteiger partial charge in [-0.05, 0) is 31.0 Å². The smallest absolute Gasteiger partial charge is 0.134 e. The molecule has 1 aromatic heterocycles. The van der Waals surface area contributed by atoms with Crippen molar-refractivity contribution in [3.63, 3.8) is 0 Å². The number of rotatable bonds is 1. The third-order valence-electron chi connectivity index (χ3n) is 2.43. The highest BCUT2D eigenvalue weighted by molar-refractivity contribution is 5.68. The Balaban J connectivity index is 2.58. The molecule has 15 heavy (non-hydrogen) atoms. The lowest BCUT2D eigenvalue weighted by atomic mass is 10.00. The first kappa shape index (κ1) is 9.71. The standard InChI is InChI=1S/C13H13NO/c1-9-3-4-10(2)13(5-9)11-6-12(15)8-14-7-11/h3-8,15H,1-2H3. The molecule has 2 aromatic rings. The molecule has 0 fully saturated rings. The summed E-state index contributed by atoms with van der Waals surface area (Å²) in [5, 5.41) is 9.37. The largest absolute Gasteiger partial charge is 0.506 e. The summed E-state index contributed by atoms with van der Waals surface area (Å²) in [5.74, 6) is 0.202. The summed E-state index contributed by atoms with van der Waals surface area (Å²) in [6, 6.07) is 7.99. The molecule has 2 rings (SSSR count). The minimum absolute atomic E-state index is 0.202. The summed E-state index contributed by atoms with van der Waals surface area (Å²) < 4.78 is 0. The Hall–Kier alpha value is -1.83. The molecule has 0 amide bonds. The van der Waals surface area contributed by atoms with Gasteiger partial charge < -0.3 is 5.11 Å². The van der Waals surface area contributed by atoms with Crippen molar-refractivity contribution in [2.45, 2.75) is 13.8 Å². The Kier molecular flexibility index (Phi) is 2.42. The molecular formula is C13H13NO. The fourth-order valence-electron chi connectivity index (χ4n) is 1.62. The van der Waals surface area contributed by atoms with Crippen LogP contribution in [0, 0.1) is 13.8 Å². The van der Waals surface area contributed by atoms with Gasteiger partial charge in [0, 0.05) is 11.8 Å². The van der Waals surface area contributed by atoms with Crippen LogP contribution in [0.2, 0.25) is 0 Å². The first-order chi connectivity index (χ1) is 7.16. The van der Waals surface area contributed by atoms with Gasteiger partial charge in [0.15, 0.2) is 0 Å². The van der Waals surface area contributed by atoms with Crippen LogP contribution >= 0.6 is 0 Å². The van der Waals surface area contributed by atoms with Crippen LogP contribution in [0.15, 0.2) is 36.7 Å². The van der Waals surface area contributed by atoms with E-state index in [2.05, 4.69) is 37.0 Å². The van der Waals surface area contributed by atoms with Crippen molar-refractivity contribution in [1.82, 2.24) is 4.98 Å². The van der Waals surface area contributed by atoms with Gasteiger partial charge in [-0.1, -0.05) is 23.8 Å². The molecule has 76 valence electrons. The van der Waals surface area contributed by atoms with Gasteiger partial charge in [-0.2, -0.15) is 0 Å². The zero-order valence-corrected chi connectivity index (χ0v) is 8.86. The Morgan fingerprint density at radius 3 is 2.60 bits per heavy atom. The minimum atomic E-state index is 0.202. The van der Waals surface area contributed by atoms with Crippen LogP contribution in [-0.4, -0.2) is 10.1 Å². The Morgan fingerprint density at radius 2 is 1.87 bits per heavy atom. The van der Waals surface area contributed by atoms with Crippen LogP contribution in [0.25, 0.3) is 11.1 Å². The quantitative estimate of drug-likeness (QED) is 0.765. The number of aromatic hydroxyl groups is 1. The second kappa shape index (κ2) is 3.73. The summed E-state index contributed by atoms with van der Waals surface area (Å²) in [5.41, 5.74) is 4.47. The number of aromatic nitrogens is 1. The average molecular weight is 199 g/mol. The molecular weight excluding hydrogens is 186 g/mol. The predicted octanol–water partition coefficient (Wildman–Crippen LogP) is 3.07. The third kappa shape index (κ3) is 1.99. The van der Waals surface area contributed by atoms with E-state index in [1.807, 2.05) is 0 Å². The van der Waals surface area contributed by atoms with Crippen molar-refractivity contribution in [2.24, 2.45) is 0 Å². The highest BCUT2D eigenvalue weighted by Gasteiger charge is 2.03. The SMILES string of the molecule is Cc1ccc(C)c(-c2cncc(O)c2)c1. The Labute approximate surface area is 89.2 Å². The fraction of sp³-hybridized carbons (Fsp3) is 0.154. The lowest BCUT2D eigenvalue weighted by molar-refractivity contribution is 0.473. The van der Waals surface area contributed by atoms with E-state index < -0.39 is 0 Å². The lowest BCUT2D eigenvalue weighted by Gasteiger charge is -2.07. The van der Waals surface area contributed by atoms with Gasteiger partial charge in [0.2, 0.25) is 0 Å². The van der Waals surface area contributed by atoms with Crippen LogP contribution in [0.4, 0.5) is 0 Å². The van der Waals surface area contributed by atoms with Gasteiger partial charge in [0.05, 0.1) is 6.20 Å². The molecule has 1 heterocycles. The van der Waals surface area contributed by atoms with Crippen LogP contribution in [0.1, 0.15) is 11.1 Å². The van der Waals surface area contributed by atoms with Crippen molar-refractivity contribution in [3.8, 4) is 16.9 Å². The van der Waals surface area contributed by atoms with Crippen LogP contribution in [-0.2, 0) is 0 Å². The first-order valence-electron chi connectivity index (χ1n) is 4.88.